The van der Waals surface area contributed by atoms with Gasteiger partial charge in [0.05, 0.1) is 6.04 Å². The van der Waals surface area contributed by atoms with Crippen LogP contribution in [0, 0.1) is 0 Å². The van der Waals surface area contributed by atoms with Crippen LogP contribution in [0.2, 0.25) is 0 Å². The lowest BCUT2D eigenvalue weighted by Crippen LogP contribution is -2.33. The van der Waals surface area contributed by atoms with Crippen molar-refractivity contribution in [2.24, 2.45) is 0 Å². The maximum atomic E-state index is 12.5. The highest BCUT2D eigenvalue weighted by molar-refractivity contribution is 5.94. The van der Waals surface area contributed by atoms with Gasteiger partial charge in [-0.15, -0.1) is 0 Å². The van der Waals surface area contributed by atoms with Crippen molar-refractivity contribution >= 4 is 5.91 Å². The van der Waals surface area contributed by atoms with Crippen LogP contribution in [0.1, 0.15) is 27.5 Å². The standard InChI is InChI=1S/C19H16N2O2/c22-18-16(12-7-13-20-18)19(23)21-17(14-8-3-1-4-9-14)15-10-5-2-6-11-15/h1-13,17H,(H,20,22)(H,21,23). The first-order valence-electron chi connectivity index (χ1n) is 7.34. The van der Waals surface area contributed by atoms with Gasteiger partial charge in [0.1, 0.15) is 5.56 Å². The Morgan fingerprint density at radius 1 is 0.826 bits per heavy atom. The Morgan fingerprint density at radius 2 is 1.39 bits per heavy atom. The molecule has 0 unspecified atom stereocenters. The van der Waals surface area contributed by atoms with Gasteiger partial charge < -0.3 is 10.3 Å². The zero-order chi connectivity index (χ0) is 16.1. The van der Waals surface area contributed by atoms with E-state index in [9.17, 15) is 9.59 Å². The van der Waals surface area contributed by atoms with Crippen molar-refractivity contribution in [3.05, 3.63) is 106 Å². The zero-order valence-electron chi connectivity index (χ0n) is 12.4. The maximum absolute atomic E-state index is 12.5. The molecule has 2 N–H and O–H groups in total. The van der Waals surface area contributed by atoms with Crippen LogP contribution in [0.3, 0.4) is 0 Å². The number of aromatic amines is 1. The summed E-state index contributed by atoms with van der Waals surface area (Å²) in [6, 6.07) is 22.2. The van der Waals surface area contributed by atoms with Crippen molar-refractivity contribution in [3.63, 3.8) is 0 Å². The van der Waals surface area contributed by atoms with Crippen molar-refractivity contribution in [2.45, 2.75) is 6.04 Å². The van der Waals surface area contributed by atoms with Gasteiger partial charge in [-0.2, -0.15) is 0 Å². The first-order valence-corrected chi connectivity index (χ1v) is 7.34. The number of nitrogens with one attached hydrogen (secondary N) is 2. The number of amides is 1. The van der Waals surface area contributed by atoms with Crippen LogP contribution in [0.4, 0.5) is 0 Å². The predicted octanol–water partition coefficient (Wildman–Crippen LogP) is 2.89. The number of aromatic nitrogens is 1. The molecule has 0 aliphatic heterocycles. The Hall–Kier alpha value is -3.14. The average Bonchev–Trinajstić information content (AvgIpc) is 2.61. The minimum Gasteiger partial charge on any atom is -0.341 e. The third kappa shape index (κ3) is 3.37. The Labute approximate surface area is 133 Å². The quantitative estimate of drug-likeness (QED) is 0.778. The second-order valence-corrected chi connectivity index (χ2v) is 5.14. The molecule has 3 aromatic rings. The van der Waals surface area contributed by atoms with Crippen LogP contribution >= 0.6 is 0 Å². The van der Waals surface area contributed by atoms with Gasteiger partial charge in [-0.25, -0.2) is 0 Å². The summed E-state index contributed by atoms with van der Waals surface area (Å²) in [5, 5.41) is 2.95. The molecule has 4 nitrogen and oxygen atoms in total. The van der Waals surface area contributed by atoms with Crippen LogP contribution in [0.15, 0.2) is 83.8 Å². The first kappa shape index (κ1) is 14.8. The van der Waals surface area contributed by atoms with Gasteiger partial charge in [0.2, 0.25) is 0 Å². The number of hydrogen-bond acceptors (Lipinski definition) is 2. The molecular formula is C19H16N2O2. The van der Waals surface area contributed by atoms with Crippen molar-refractivity contribution in [1.29, 1.82) is 0 Å². The highest BCUT2D eigenvalue weighted by atomic mass is 16.2. The largest absolute Gasteiger partial charge is 0.341 e. The Bertz CT molecular complexity index is 802. The fourth-order valence-electron chi connectivity index (χ4n) is 2.46. The van der Waals surface area contributed by atoms with Gasteiger partial charge in [0.25, 0.3) is 11.5 Å². The number of carbonyl (C=O) groups excluding carboxylic acids is 1. The average molecular weight is 304 g/mol. The number of H-pyrrole nitrogens is 1. The maximum Gasteiger partial charge on any atom is 0.260 e. The molecule has 114 valence electrons. The lowest BCUT2D eigenvalue weighted by molar-refractivity contribution is 0.0941. The number of benzene rings is 2. The van der Waals surface area contributed by atoms with E-state index in [-0.39, 0.29) is 11.6 Å². The van der Waals surface area contributed by atoms with Gasteiger partial charge in [0, 0.05) is 6.20 Å². The molecule has 3 rings (SSSR count). The lowest BCUT2D eigenvalue weighted by Gasteiger charge is -2.19. The van der Waals surface area contributed by atoms with Crippen LogP contribution < -0.4 is 10.9 Å². The van der Waals surface area contributed by atoms with E-state index in [2.05, 4.69) is 10.3 Å². The number of carbonyl (C=O) groups is 1. The molecule has 4 heteroatoms. The third-order valence-corrected chi connectivity index (χ3v) is 3.60. The monoisotopic (exact) mass is 304 g/mol. The summed E-state index contributed by atoms with van der Waals surface area (Å²) in [4.78, 5) is 26.8. The van der Waals surface area contributed by atoms with Crippen molar-refractivity contribution < 1.29 is 4.79 Å². The van der Waals surface area contributed by atoms with Gasteiger partial charge >= 0.3 is 0 Å². The molecule has 0 saturated carbocycles. The molecule has 2 aromatic carbocycles. The number of hydrogen-bond donors (Lipinski definition) is 2. The smallest absolute Gasteiger partial charge is 0.260 e. The van der Waals surface area contributed by atoms with Crippen molar-refractivity contribution in [1.82, 2.24) is 10.3 Å². The molecule has 1 aromatic heterocycles. The van der Waals surface area contributed by atoms with Crippen molar-refractivity contribution in [3.8, 4) is 0 Å². The number of rotatable bonds is 4. The summed E-state index contributed by atoms with van der Waals surface area (Å²) in [6.45, 7) is 0. The van der Waals surface area contributed by atoms with E-state index in [0.717, 1.165) is 11.1 Å². The first-order chi connectivity index (χ1) is 11.3. The van der Waals surface area contributed by atoms with E-state index >= 15 is 0 Å². The molecule has 0 aliphatic rings. The van der Waals surface area contributed by atoms with Crippen LogP contribution in [0.5, 0.6) is 0 Å². The van der Waals surface area contributed by atoms with Gasteiger partial charge in [-0.05, 0) is 23.3 Å². The fourth-order valence-corrected chi connectivity index (χ4v) is 2.46. The minimum atomic E-state index is -0.399. The van der Waals surface area contributed by atoms with Crippen LogP contribution in [0.25, 0.3) is 0 Å². The van der Waals surface area contributed by atoms with E-state index in [4.69, 9.17) is 0 Å². The minimum absolute atomic E-state index is 0.101. The summed E-state index contributed by atoms with van der Waals surface area (Å²) >= 11 is 0. The topological polar surface area (TPSA) is 62.0 Å². The van der Waals surface area contributed by atoms with Gasteiger partial charge in [-0.3, -0.25) is 9.59 Å². The number of pyridine rings is 1. The molecule has 0 aliphatic carbocycles. The Kier molecular flexibility index (Phi) is 4.34. The second-order valence-electron chi connectivity index (χ2n) is 5.14. The third-order valence-electron chi connectivity index (χ3n) is 3.60. The summed E-state index contributed by atoms with van der Waals surface area (Å²) in [5.41, 5.74) is 1.62. The van der Waals surface area contributed by atoms with Crippen molar-refractivity contribution in [2.75, 3.05) is 0 Å². The summed E-state index contributed by atoms with van der Waals surface area (Å²) in [7, 11) is 0. The molecule has 1 amide bonds. The molecule has 0 atom stereocenters. The highest BCUT2D eigenvalue weighted by Gasteiger charge is 2.18. The van der Waals surface area contributed by atoms with E-state index in [0.29, 0.717) is 0 Å². The second kappa shape index (κ2) is 6.75. The SMILES string of the molecule is O=C(NC(c1ccccc1)c1ccccc1)c1ccc[nH]c1=O. The van der Waals surface area contributed by atoms with Crippen LogP contribution in [-0.4, -0.2) is 10.9 Å². The van der Waals surface area contributed by atoms with E-state index in [1.54, 1.807) is 6.07 Å². The van der Waals surface area contributed by atoms with Gasteiger partial charge in [0.15, 0.2) is 0 Å². The molecule has 0 radical (unpaired) electrons. The molecule has 0 saturated heterocycles. The molecule has 0 fully saturated rings. The summed E-state index contributed by atoms with van der Waals surface area (Å²) in [6.07, 6.45) is 1.50. The molecule has 23 heavy (non-hydrogen) atoms. The molecule has 1 heterocycles. The predicted molar refractivity (Wildman–Crippen MR) is 89.3 cm³/mol. The summed E-state index contributed by atoms with van der Waals surface area (Å²) in [5.74, 6) is -0.399. The Morgan fingerprint density at radius 3 is 1.91 bits per heavy atom. The van der Waals surface area contributed by atoms with E-state index in [1.165, 1.54) is 12.3 Å². The highest BCUT2D eigenvalue weighted by Crippen LogP contribution is 2.21. The Balaban J connectivity index is 1.96. The van der Waals surface area contributed by atoms with Crippen LogP contribution in [-0.2, 0) is 0 Å². The molecule has 0 bridgehead atoms. The normalized spacial score (nSPS) is 10.5. The molecular weight excluding hydrogens is 288 g/mol. The van der Waals surface area contributed by atoms with E-state index in [1.807, 2.05) is 60.7 Å². The lowest BCUT2D eigenvalue weighted by atomic mass is 9.98. The molecule has 0 spiro atoms. The fraction of sp³-hybridized carbons (Fsp3) is 0.0526. The van der Waals surface area contributed by atoms with E-state index < -0.39 is 11.5 Å². The summed E-state index contributed by atoms with van der Waals surface area (Å²) < 4.78 is 0. The van der Waals surface area contributed by atoms with Gasteiger partial charge in [-0.1, -0.05) is 60.7 Å². The zero-order valence-corrected chi connectivity index (χ0v) is 12.4.